The van der Waals surface area contributed by atoms with Gasteiger partial charge in [-0.2, -0.15) is 0 Å². The molecule has 2 amide bonds. The lowest BCUT2D eigenvalue weighted by molar-refractivity contribution is -0.138. The van der Waals surface area contributed by atoms with Gasteiger partial charge in [0.15, 0.2) is 0 Å². The topological polar surface area (TPSA) is 105 Å². The first kappa shape index (κ1) is 25.3. The number of hydrogen-bond donors (Lipinski definition) is 3. The number of alkyl carbamates (subject to hydrolysis) is 1. The van der Waals surface area contributed by atoms with Crippen molar-refractivity contribution >= 4 is 18.0 Å². The van der Waals surface area contributed by atoms with E-state index in [2.05, 4.69) is 34.9 Å². The highest BCUT2D eigenvalue weighted by Crippen LogP contribution is 2.44. The number of nitrogens with one attached hydrogen (secondary N) is 2. The van der Waals surface area contributed by atoms with Gasteiger partial charge in [0.25, 0.3) is 0 Å². The Bertz CT molecular complexity index is 988. The van der Waals surface area contributed by atoms with Gasteiger partial charge in [0.2, 0.25) is 5.91 Å². The zero-order valence-corrected chi connectivity index (χ0v) is 20.1. The van der Waals surface area contributed by atoms with Gasteiger partial charge >= 0.3 is 12.1 Å². The maximum absolute atomic E-state index is 12.7. The number of carboxylic acid groups (broad SMARTS) is 1. The Morgan fingerprint density at radius 3 is 2.18 bits per heavy atom. The van der Waals surface area contributed by atoms with Crippen molar-refractivity contribution < 1.29 is 24.2 Å². The van der Waals surface area contributed by atoms with Crippen LogP contribution in [-0.2, 0) is 14.3 Å². The molecule has 0 saturated heterocycles. The molecule has 2 aromatic carbocycles. The standard InChI is InChI=1S/C27H34N2O5/c1-4-5-10-18(15-24(30)29-27(2,3)16-25(31)32)28-26(33)34-17-23-21-13-8-6-11-19(21)20-12-7-9-14-22(20)23/h6-9,11-14,18,23H,4-5,10,15-17H2,1-3H3,(H,28,33)(H,29,30)(H,31,32). The minimum Gasteiger partial charge on any atom is -0.481 e. The van der Waals surface area contributed by atoms with Crippen molar-refractivity contribution in [3.05, 3.63) is 59.7 Å². The van der Waals surface area contributed by atoms with Gasteiger partial charge in [-0.25, -0.2) is 4.79 Å². The largest absolute Gasteiger partial charge is 0.481 e. The summed E-state index contributed by atoms with van der Waals surface area (Å²) in [5.74, 6) is -1.32. The molecule has 34 heavy (non-hydrogen) atoms. The van der Waals surface area contributed by atoms with Crippen LogP contribution in [-0.4, -0.2) is 41.3 Å². The van der Waals surface area contributed by atoms with E-state index in [1.54, 1.807) is 13.8 Å². The van der Waals surface area contributed by atoms with Crippen molar-refractivity contribution in [3.63, 3.8) is 0 Å². The average Bonchev–Trinajstić information content (AvgIpc) is 3.08. The van der Waals surface area contributed by atoms with Crippen LogP contribution in [0.25, 0.3) is 11.1 Å². The molecule has 1 aliphatic carbocycles. The number of benzene rings is 2. The van der Waals surface area contributed by atoms with Crippen LogP contribution in [0.15, 0.2) is 48.5 Å². The molecule has 0 saturated carbocycles. The van der Waals surface area contributed by atoms with Gasteiger partial charge in [0.05, 0.1) is 6.42 Å². The Morgan fingerprint density at radius 2 is 1.62 bits per heavy atom. The van der Waals surface area contributed by atoms with E-state index in [0.717, 1.165) is 35.1 Å². The van der Waals surface area contributed by atoms with Crippen molar-refractivity contribution in [2.45, 2.75) is 70.4 Å². The molecule has 1 unspecified atom stereocenters. The highest BCUT2D eigenvalue weighted by Gasteiger charge is 2.30. The number of hydrogen-bond acceptors (Lipinski definition) is 4. The predicted octanol–water partition coefficient (Wildman–Crippen LogP) is 4.84. The van der Waals surface area contributed by atoms with E-state index in [4.69, 9.17) is 9.84 Å². The van der Waals surface area contributed by atoms with Crippen LogP contribution in [0.5, 0.6) is 0 Å². The van der Waals surface area contributed by atoms with Crippen LogP contribution in [0.2, 0.25) is 0 Å². The Kier molecular flexibility index (Phi) is 8.31. The van der Waals surface area contributed by atoms with Crippen molar-refractivity contribution in [3.8, 4) is 11.1 Å². The molecule has 0 spiro atoms. The van der Waals surface area contributed by atoms with Crippen molar-refractivity contribution in [1.29, 1.82) is 0 Å². The van der Waals surface area contributed by atoms with Gasteiger partial charge in [-0.15, -0.1) is 0 Å². The third-order valence-corrected chi connectivity index (χ3v) is 6.07. The summed E-state index contributed by atoms with van der Waals surface area (Å²) >= 11 is 0. The first-order valence-electron chi connectivity index (χ1n) is 11.8. The number of amides is 2. The minimum absolute atomic E-state index is 0.0349. The summed E-state index contributed by atoms with van der Waals surface area (Å²) in [5.41, 5.74) is 3.72. The fourth-order valence-corrected chi connectivity index (χ4v) is 4.56. The van der Waals surface area contributed by atoms with E-state index in [9.17, 15) is 14.4 Å². The summed E-state index contributed by atoms with van der Waals surface area (Å²) in [6.07, 6.45) is 1.73. The van der Waals surface area contributed by atoms with Crippen LogP contribution < -0.4 is 10.6 Å². The molecule has 0 aromatic heterocycles. The van der Waals surface area contributed by atoms with E-state index < -0.39 is 23.6 Å². The third kappa shape index (κ3) is 6.59. The molecule has 2 aromatic rings. The minimum atomic E-state index is -0.982. The fourth-order valence-electron chi connectivity index (χ4n) is 4.56. The number of carbonyl (C=O) groups is 3. The van der Waals surface area contributed by atoms with E-state index in [-0.39, 0.29) is 31.3 Å². The van der Waals surface area contributed by atoms with Gasteiger partial charge in [0, 0.05) is 23.9 Å². The lowest BCUT2D eigenvalue weighted by atomic mass is 9.98. The van der Waals surface area contributed by atoms with E-state index >= 15 is 0 Å². The summed E-state index contributed by atoms with van der Waals surface area (Å²) < 4.78 is 5.63. The van der Waals surface area contributed by atoms with Gasteiger partial charge in [0.1, 0.15) is 6.61 Å². The Morgan fingerprint density at radius 1 is 1.03 bits per heavy atom. The summed E-state index contributed by atoms with van der Waals surface area (Å²) in [6, 6.07) is 15.9. The summed E-state index contributed by atoms with van der Waals surface area (Å²) in [5, 5.41) is 14.6. The second-order valence-electron chi connectivity index (χ2n) is 9.52. The van der Waals surface area contributed by atoms with Crippen LogP contribution in [0.1, 0.15) is 69.9 Å². The molecule has 182 valence electrons. The first-order valence-corrected chi connectivity index (χ1v) is 11.8. The van der Waals surface area contributed by atoms with E-state index in [1.807, 2.05) is 31.2 Å². The summed E-state index contributed by atoms with van der Waals surface area (Å²) in [6.45, 7) is 5.58. The molecule has 7 nitrogen and oxygen atoms in total. The molecular weight excluding hydrogens is 432 g/mol. The zero-order chi connectivity index (χ0) is 24.7. The normalized spacial score (nSPS) is 13.5. The van der Waals surface area contributed by atoms with Gasteiger partial charge in [-0.1, -0.05) is 68.3 Å². The zero-order valence-electron chi connectivity index (χ0n) is 20.1. The molecule has 1 aliphatic rings. The third-order valence-electron chi connectivity index (χ3n) is 6.07. The van der Waals surface area contributed by atoms with Crippen LogP contribution in [0, 0.1) is 0 Å². The van der Waals surface area contributed by atoms with E-state index in [1.165, 1.54) is 0 Å². The second kappa shape index (κ2) is 11.2. The lowest BCUT2D eigenvalue weighted by Crippen LogP contribution is -2.47. The maximum atomic E-state index is 12.7. The Hall–Kier alpha value is -3.35. The SMILES string of the molecule is CCCCC(CC(=O)NC(C)(C)CC(=O)O)NC(=O)OCC1c2ccccc2-c2ccccc21. The van der Waals surface area contributed by atoms with Gasteiger partial charge in [-0.05, 0) is 42.5 Å². The Balaban J connectivity index is 1.60. The number of fused-ring (bicyclic) bond motifs is 3. The smallest absolute Gasteiger partial charge is 0.407 e. The first-order chi connectivity index (χ1) is 16.2. The molecule has 7 heteroatoms. The van der Waals surface area contributed by atoms with Crippen LogP contribution >= 0.6 is 0 Å². The second-order valence-corrected chi connectivity index (χ2v) is 9.52. The molecule has 3 N–H and O–H groups in total. The number of ether oxygens (including phenoxy) is 1. The Labute approximate surface area is 200 Å². The van der Waals surface area contributed by atoms with Crippen molar-refractivity contribution in [2.24, 2.45) is 0 Å². The fraction of sp³-hybridized carbons (Fsp3) is 0.444. The van der Waals surface area contributed by atoms with Crippen molar-refractivity contribution in [1.82, 2.24) is 10.6 Å². The molecular formula is C27H34N2O5. The molecule has 0 heterocycles. The molecule has 3 rings (SSSR count). The number of unbranched alkanes of at least 4 members (excludes halogenated alkanes) is 1. The van der Waals surface area contributed by atoms with Gasteiger partial charge in [-0.3, -0.25) is 9.59 Å². The maximum Gasteiger partial charge on any atom is 0.407 e. The highest BCUT2D eigenvalue weighted by atomic mass is 16.5. The van der Waals surface area contributed by atoms with Crippen LogP contribution in [0.4, 0.5) is 4.79 Å². The number of aliphatic carboxylic acids is 1. The molecule has 1 atom stereocenters. The lowest BCUT2D eigenvalue weighted by Gasteiger charge is -2.26. The quantitative estimate of drug-likeness (QED) is 0.439. The molecule has 0 fully saturated rings. The van der Waals surface area contributed by atoms with Gasteiger partial charge < -0.3 is 20.5 Å². The summed E-state index contributed by atoms with van der Waals surface area (Å²) in [4.78, 5) is 36.2. The average molecular weight is 467 g/mol. The number of carbonyl (C=O) groups excluding carboxylic acids is 2. The van der Waals surface area contributed by atoms with Crippen LogP contribution in [0.3, 0.4) is 0 Å². The molecule has 0 aliphatic heterocycles. The highest BCUT2D eigenvalue weighted by molar-refractivity contribution is 5.80. The van der Waals surface area contributed by atoms with Crippen molar-refractivity contribution in [2.75, 3.05) is 6.61 Å². The molecule has 0 radical (unpaired) electrons. The number of carboxylic acids is 1. The predicted molar refractivity (Wildman–Crippen MR) is 131 cm³/mol. The summed E-state index contributed by atoms with van der Waals surface area (Å²) in [7, 11) is 0. The molecule has 0 bridgehead atoms. The number of rotatable bonds is 11. The monoisotopic (exact) mass is 466 g/mol. The van der Waals surface area contributed by atoms with E-state index in [0.29, 0.717) is 6.42 Å².